The SMILES string of the molecule is CN=C(NCC(=O)NCCOC)NCC(C)c1ccsc1.I. The molecule has 1 heterocycles. The standard InChI is InChI=1S/C14H24N4O2S.HI/c1-11(12-4-7-21-10-12)8-17-14(15-2)18-9-13(19)16-5-6-20-3;/h4,7,10-11H,5-6,8-9H2,1-3H3,(H,16,19)(H2,15,17,18);1H. The third-order valence-corrected chi connectivity index (χ3v) is 3.66. The molecule has 126 valence electrons. The van der Waals surface area contributed by atoms with Crippen molar-refractivity contribution in [2.45, 2.75) is 12.8 Å². The van der Waals surface area contributed by atoms with Gasteiger partial charge in [0.2, 0.25) is 5.91 Å². The molecule has 0 aromatic carbocycles. The van der Waals surface area contributed by atoms with E-state index in [4.69, 9.17) is 4.74 Å². The van der Waals surface area contributed by atoms with Crippen molar-refractivity contribution in [1.82, 2.24) is 16.0 Å². The number of amides is 1. The Labute approximate surface area is 153 Å². The van der Waals surface area contributed by atoms with Gasteiger partial charge < -0.3 is 20.7 Å². The van der Waals surface area contributed by atoms with E-state index in [0.717, 1.165) is 6.54 Å². The molecule has 1 atom stereocenters. The normalized spacial score (nSPS) is 12.2. The zero-order valence-corrected chi connectivity index (χ0v) is 16.4. The fraction of sp³-hybridized carbons (Fsp3) is 0.571. The molecule has 1 amide bonds. The van der Waals surface area contributed by atoms with Crippen LogP contribution in [0.2, 0.25) is 0 Å². The lowest BCUT2D eigenvalue weighted by Gasteiger charge is -2.15. The molecule has 3 N–H and O–H groups in total. The zero-order valence-electron chi connectivity index (χ0n) is 13.2. The number of hydrogen-bond donors (Lipinski definition) is 3. The molecule has 0 fully saturated rings. The predicted octanol–water partition coefficient (Wildman–Crippen LogP) is 1.40. The van der Waals surface area contributed by atoms with E-state index in [9.17, 15) is 4.79 Å². The van der Waals surface area contributed by atoms with E-state index in [1.54, 1.807) is 25.5 Å². The van der Waals surface area contributed by atoms with Crippen LogP contribution in [0.1, 0.15) is 18.4 Å². The van der Waals surface area contributed by atoms with Crippen LogP contribution < -0.4 is 16.0 Å². The number of guanidine groups is 1. The summed E-state index contributed by atoms with van der Waals surface area (Å²) < 4.78 is 4.87. The molecule has 6 nitrogen and oxygen atoms in total. The summed E-state index contributed by atoms with van der Waals surface area (Å²) in [5.41, 5.74) is 1.31. The topological polar surface area (TPSA) is 74.8 Å². The summed E-state index contributed by atoms with van der Waals surface area (Å²) in [5.74, 6) is 0.935. The highest BCUT2D eigenvalue weighted by molar-refractivity contribution is 14.0. The van der Waals surface area contributed by atoms with Gasteiger partial charge in [0.1, 0.15) is 0 Å². The van der Waals surface area contributed by atoms with Crippen molar-refractivity contribution in [3.63, 3.8) is 0 Å². The van der Waals surface area contributed by atoms with Crippen LogP contribution >= 0.6 is 35.3 Å². The molecule has 0 aliphatic heterocycles. The number of aliphatic imine (C=N–C) groups is 1. The molecule has 22 heavy (non-hydrogen) atoms. The molecule has 0 radical (unpaired) electrons. The Morgan fingerprint density at radius 1 is 1.41 bits per heavy atom. The van der Waals surface area contributed by atoms with Gasteiger partial charge in [0.05, 0.1) is 13.2 Å². The lowest BCUT2D eigenvalue weighted by atomic mass is 10.1. The molecular formula is C14H25IN4O2S. The number of carbonyl (C=O) groups is 1. The average Bonchev–Trinajstić information content (AvgIpc) is 3.01. The van der Waals surface area contributed by atoms with Gasteiger partial charge in [0, 0.05) is 27.2 Å². The Morgan fingerprint density at radius 3 is 2.77 bits per heavy atom. The van der Waals surface area contributed by atoms with Crippen molar-refractivity contribution >= 4 is 47.2 Å². The number of ether oxygens (including phenoxy) is 1. The van der Waals surface area contributed by atoms with Crippen molar-refractivity contribution in [3.8, 4) is 0 Å². The molecule has 0 aliphatic carbocycles. The minimum atomic E-state index is -0.0825. The average molecular weight is 440 g/mol. The molecule has 1 aromatic heterocycles. The smallest absolute Gasteiger partial charge is 0.239 e. The summed E-state index contributed by atoms with van der Waals surface area (Å²) in [4.78, 5) is 15.7. The van der Waals surface area contributed by atoms with Gasteiger partial charge in [0.25, 0.3) is 0 Å². The Balaban J connectivity index is 0.00000441. The van der Waals surface area contributed by atoms with Crippen molar-refractivity contribution < 1.29 is 9.53 Å². The van der Waals surface area contributed by atoms with E-state index in [1.165, 1.54) is 5.56 Å². The lowest BCUT2D eigenvalue weighted by molar-refractivity contribution is -0.120. The minimum Gasteiger partial charge on any atom is -0.383 e. The summed E-state index contributed by atoms with van der Waals surface area (Å²) in [6.07, 6.45) is 0. The van der Waals surface area contributed by atoms with Crippen molar-refractivity contribution in [3.05, 3.63) is 22.4 Å². The number of carbonyl (C=O) groups excluding carboxylic acids is 1. The highest BCUT2D eigenvalue weighted by Gasteiger charge is 2.08. The van der Waals surface area contributed by atoms with Crippen LogP contribution in [0.15, 0.2) is 21.8 Å². The van der Waals surface area contributed by atoms with E-state index >= 15 is 0 Å². The van der Waals surface area contributed by atoms with Crippen LogP contribution in [-0.4, -0.2) is 52.3 Å². The van der Waals surface area contributed by atoms with Crippen LogP contribution in [0.4, 0.5) is 0 Å². The minimum absolute atomic E-state index is 0. The van der Waals surface area contributed by atoms with Gasteiger partial charge in [-0.3, -0.25) is 9.79 Å². The van der Waals surface area contributed by atoms with Gasteiger partial charge >= 0.3 is 0 Å². The molecule has 8 heteroatoms. The Kier molecular flexibility index (Phi) is 12.2. The number of halogens is 1. The molecule has 1 aromatic rings. The highest BCUT2D eigenvalue weighted by atomic mass is 127. The summed E-state index contributed by atoms with van der Waals surface area (Å²) in [5, 5.41) is 13.2. The Morgan fingerprint density at radius 2 is 2.18 bits per heavy atom. The second-order valence-electron chi connectivity index (χ2n) is 4.61. The fourth-order valence-corrected chi connectivity index (χ4v) is 2.44. The van der Waals surface area contributed by atoms with Gasteiger partial charge in [-0.15, -0.1) is 24.0 Å². The Hall–Kier alpha value is -0.870. The first-order chi connectivity index (χ1) is 10.2. The first-order valence-electron chi connectivity index (χ1n) is 6.89. The monoisotopic (exact) mass is 440 g/mol. The summed E-state index contributed by atoms with van der Waals surface area (Å²) in [7, 11) is 3.29. The van der Waals surface area contributed by atoms with Crippen molar-refractivity contribution in [2.24, 2.45) is 4.99 Å². The van der Waals surface area contributed by atoms with Crippen LogP contribution in [0, 0.1) is 0 Å². The quantitative estimate of drug-likeness (QED) is 0.247. The third-order valence-electron chi connectivity index (χ3n) is 2.96. The lowest BCUT2D eigenvalue weighted by Crippen LogP contribution is -2.44. The van der Waals surface area contributed by atoms with E-state index in [-0.39, 0.29) is 36.4 Å². The number of methoxy groups -OCH3 is 1. The van der Waals surface area contributed by atoms with Gasteiger partial charge in [-0.2, -0.15) is 11.3 Å². The summed E-state index contributed by atoms with van der Waals surface area (Å²) in [6.45, 7) is 4.13. The van der Waals surface area contributed by atoms with E-state index < -0.39 is 0 Å². The molecular weight excluding hydrogens is 415 g/mol. The van der Waals surface area contributed by atoms with Crippen LogP contribution in [0.3, 0.4) is 0 Å². The molecule has 0 saturated carbocycles. The number of nitrogens with one attached hydrogen (secondary N) is 3. The van der Waals surface area contributed by atoms with E-state index in [2.05, 4.69) is 44.7 Å². The van der Waals surface area contributed by atoms with E-state index in [0.29, 0.717) is 25.0 Å². The van der Waals surface area contributed by atoms with Crippen molar-refractivity contribution in [2.75, 3.05) is 40.4 Å². The number of rotatable bonds is 8. The maximum Gasteiger partial charge on any atom is 0.239 e. The highest BCUT2D eigenvalue weighted by Crippen LogP contribution is 2.16. The number of nitrogens with zero attached hydrogens (tertiary/aromatic N) is 1. The van der Waals surface area contributed by atoms with Crippen molar-refractivity contribution in [1.29, 1.82) is 0 Å². The van der Waals surface area contributed by atoms with Gasteiger partial charge in [-0.05, 0) is 28.3 Å². The number of hydrogen-bond acceptors (Lipinski definition) is 4. The first-order valence-corrected chi connectivity index (χ1v) is 7.84. The molecule has 0 bridgehead atoms. The predicted molar refractivity (Wildman–Crippen MR) is 102 cm³/mol. The molecule has 0 aliphatic rings. The van der Waals surface area contributed by atoms with Gasteiger partial charge in [-0.25, -0.2) is 0 Å². The maximum atomic E-state index is 11.6. The van der Waals surface area contributed by atoms with Gasteiger partial charge in [-0.1, -0.05) is 6.92 Å². The summed E-state index contributed by atoms with van der Waals surface area (Å²) >= 11 is 1.69. The Bertz CT molecular complexity index is 440. The second-order valence-corrected chi connectivity index (χ2v) is 5.39. The second kappa shape index (κ2) is 12.7. The molecule has 0 saturated heterocycles. The van der Waals surface area contributed by atoms with Crippen LogP contribution in [-0.2, 0) is 9.53 Å². The van der Waals surface area contributed by atoms with Crippen LogP contribution in [0.5, 0.6) is 0 Å². The first kappa shape index (κ1) is 21.1. The maximum absolute atomic E-state index is 11.6. The fourth-order valence-electron chi connectivity index (χ4n) is 1.66. The largest absolute Gasteiger partial charge is 0.383 e. The van der Waals surface area contributed by atoms with Gasteiger partial charge in [0.15, 0.2) is 5.96 Å². The van der Waals surface area contributed by atoms with Crippen LogP contribution in [0.25, 0.3) is 0 Å². The number of thiophene rings is 1. The molecule has 0 spiro atoms. The summed E-state index contributed by atoms with van der Waals surface area (Å²) in [6, 6.07) is 2.12. The molecule has 1 rings (SSSR count). The zero-order chi connectivity index (χ0) is 15.5. The molecule has 1 unspecified atom stereocenters. The van der Waals surface area contributed by atoms with E-state index in [1.807, 2.05) is 0 Å². The third kappa shape index (κ3) is 8.54.